The second kappa shape index (κ2) is 9.66. The van der Waals surface area contributed by atoms with Gasteiger partial charge in [0.05, 0.1) is 6.61 Å². The molecule has 3 rings (SSSR count). The van der Waals surface area contributed by atoms with E-state index in [0.717, 1.165) is 0 Å². The van der Waals surface area contributed by atoms with Crippen molar-refractivity contribution in [1.82, 2.24) is 0 Å². The fraction of sp³-hybridized carbons (Fsp3) is 0.316. The third kappa shape index (κ3) is 5.53. The van der Waals surface area contributed by atoms with Gasteiger partial charge >= 0.3 is 5.24 Å². The monoisotopic (exact) mass is 444 g/mol. The molecule has 1 aliphatic heterocycles. The van der Waals surface area contributed by atoms with E-state index in [1.807, 2.05) is 0 Å². The number of hydrogen-bond donors (Lipinski definition) is 3. The number of halogens is 2. The van der Waals surface area contributed by atoms with Crippen molar-refractivity contribution in [2.24, 2.45) is 0 Å². The zero-order chi connectivity index (χ0) is 21.0. The molecule has 1 aliphatic rings. The lowest BCUT2D eigenvalue weighted by Gasteiger charge is -2.41. The molecule has 3 N–H and O–H groups in total. The SMILES string of the molecule is OC[C@H]1O[C@H](Oc2ccc(F)cc2)[C@H](O)[C@@H](OC(=S)Oc2ccc(Cl)cc2)[C@H]1O. The molecule has 5 atom stereocenters. The van der Waals surface area contributed by atoms with Gasteiger partial charge < -0.3 is 34.3 Å². The topological polar surface area (TPSA) is 97.6 Å². The van der Waals surface area contributed by atoms with Crippen LogP contribution >= 0.6 is 23.8 Å². The lowest BCUT2D eigenvalue weighted by Crippen LogP contribution is -2.61. The Morgan fingerprint density at radius 2 is 1.66 bits per heavy atom. The number of thiocarbonyl (C=S) groups is 1. The van der Waals surface area contributed by atoms with E-state index in [1.54, 1.807) is 24.3 Å². The van der Waals surface area contributed by atoms with Gasteiger partial charge in [-0.1, -0.05) is 11.6 Å². The molecule has 0 spiro atoms. The summed E-state index contributed by atoms with van der Waals surface area (Å²) in [4.78, 5) is 0. The molecule has 0 bridgehead atoms. The zero-order valence-electron chi connectivity index (χ0n) is 14.9. The molecule has 0 aliphatic carbocycles. The van der Waals surface area contributed by atoms with E-state index >= 15 is 0 Å². The smallest absolute Gasteiger partial charge is 0.358 e. The molecule has 2 aromatic rings. The van der Waals surface area contributed by atoms with E-state index in [-0.39, 0.29) is 11.0 Å². The Morgan fingerprint density at radius 1 is 1.03 bits per heavy atom. The molecule has 0 aromatic heterocycles. The van der Waals surface area contributed by atoms with E-state index in [1.165, 1.54) is 24.3 Å². The predicted molar refractivity (Wildman–Crippen MR) is 104 cm³/mol. The van der Waals surface area contributed by atoms with Crippen LogP contribution in [0.1, 0.15) is 0 Å². The highest BCUT2D eigenvalue weighted by atomic mass is 35.5. The van der Waals surface area contributed by atoms with Crippen molar-refractivity contribution in [3.63, 3.8) is 0 Å². The summed E-state index contributed by atoms with van der Waals surface area (Å²) in [6.07, 6.45) is -6.66. The normalized spacial score (nSPS) is 26.6. The number of rotatable bonds is 5. The van der Waals surface area contributed by atoms with Gasteiger partial charge in [-0.25, -0.2) is 4.39 Å². The van der Waals surface area contributed by atoms with E-state index in [0.29, 0.717) is 10.8 Å². The van der Waals surface area contributed by atoms with E-state index < -0.39 is 43.1 Å². The van der Waals surface area contributed by atoms with Gasteiger partial charge in [-0.15, -0.1) is 0 Å². The van der Waals surface area contributed by atoms with Crippen molar-refractivity contribution in [3.8, 4) is 11.5 Å². The minimum absolute atomic E-state index is 0.210. The second-order valence-corrected chi connectivity index (χ2v) is 6.94. The Labute approximate surface area is 176 Å². The highest BCUT2D eigenvalue weighted by Gasteiger charge is 2.47. The minimum Gasteiger partial charge on any atom is -0.462 e. The summed E-state index contributed by atoms with van der Waals surface area (Å²) >= 11 is 10.8. The first-order valence-electron chi connectivity index (χ1n) is 8.56. The number of aliphatic hydroxyl groups is 3. The van der Waals surface area contributed by atoms with Gasteiger partial charge in [-0.05, 0) is 48.5 Å². The van der Waals surface area contributed by atoms with Gasteiger partial charge in [0.1, 0.15) is 29.5 Å². The van der Waals surface area contributed by atoms with Crippen LogP contribution in [0.4, 0.5) is 4.39 Å². The summed E-state index contributed by atoms with van der Waals surface area (Å²) in [5.74, 6) is 0.0903. The Bertz CT molecular complexity index is 820. The van der Waals surface area contributed by atoms with Crippen molar-refractivity contribution >= 4 is 29.1 Å². The van der Waals surface area contributed by atoms with Crippen LogP contribution in [0.15, 0.2) is 48.5 Å². The lowest BCUT2D eigenvalue weighted by molar-refractivity contribution is -0.275. The van der Waals surface area contributed by atoms with Gasteiger partial charge in [0.2, 0.25) is 6.29 Å². The minimum atomic E-state index is -1.50. The van der Waals surface area contributed by atoms with Crippen LogP contribution in [0.5, 0.6) is 11.5 Å². The van der Waals surface area contributed by atoms with Crippen molar-refractivity contribution in [1.29, 1.82) is 0 Å². The average Bonchev–Trinajstić information content (AvgIpc) is 2.70. The van der Waals surface area contributed by atoms with Crippen LogP contribution < -0.4 is 9.47 Å². The van der Waals surface area contributed by atoms with Crippen LogP contribution in [0.3, 0.4) is 0 Å². The highest BCUT2D eigenvalue weighted by molar-refractivity contribution is 7.79. The molecule has 2 aromatic carbocycles. The van der Waals surface area contributed by atoms with Crippen LogP contribution in [-0.2, 0) is 9.47 Å². The number of aliphatic hydroxyl groups excluding tert-OH is 3. The van der Waals surface area contributed by atoms with E-state index in [9.17, 15) is 19.7 Å². The van der Waals surface area contributed by atoms with Crippen LogP contribution in [0.25, 0.3) is 0 Å². The molecule has 0 saturated carbocycles. The zero-order valence-corrected chi connectivity index (χ0v) is 16.4. The summed E-state index contributed by atoms with van der Waals surface area (Å²) in [7, 11) is 0. The van der Waals surface area contributed by atoms with E-state index in [2.05, 4.69) is 0 Å². The quantitative estimate of drug-likeness (QED) is 0.603. The molecule has 29 heavy (non-hydrogen) atoms. The fourth-order valence-electron chi connectivity index (χ4n) is 2.67. The van der Waals surface area contributed by atoms with E-state index in [4.69, 9.17) is 42.8 Å². The number of ether oxygens (including phenoxy) is 4. The maximum absolute atomic E-state index is 13.1. The number of benzene rings is 2. The molecule has 1 fully saturated rings. The molecular formula is C19H18ClFO7S. The van der Waals surface area contributed by atoms with Crippen molar-refractivity contribution in [2.75, 3.05) is 6.61 Å². The predicted octanol–water partition coefficient (Wildman–Crippen LogP) is 2.05. The van der Waals surface area contributed by atoms with Gasteiger partial charge in [0, 0.05) is 17.2 Å². The van der Waals surface area contributed by atoms with Crippen molar-refractivity contribution in [3.05, 3.63) is 59.4 Å². The first kappa shape index (κ1) is 21.7. The van der Waals surface area contributed by atoms with Gasteiger partial charge in [0.25, 0.3) is 0 Å². The standard InChI is InChI=1S/C19H18ClFO7S/c20-10-1-5-13(6-2-10)26-19(29)28-17-15(23)14(9-22)27-18(16(17)24)25-12-7-3-11(21)4-8-12/h1-8,14-18,22-24H,9H2/t14-,15+,16-,17+,18+/m1/s1. The summed E-state index contributed by atoms with van der Waals surface area (Å²) in [5, 5.41) is 30.5. The molecule has 156 valence electrons. The third-order valence-electron chi connectivity index (χ3n) is 4.13. The molecule has 1 saturated heterocycles. The van der Waals surface area contributed by atoms with Crippen LogP contribution in [0.2, 0.25) is 5.02 Å². The van der Waals surface area contributed by atoms with Crippen molar-refractivity contribution in [2.45, 2.75) is 30.7 Å². The molecule has 0 unspecified atom stereocenters. The highest BCUT2D eigenvalue weighted by Crippen LogP contribution is 2.27. The first-order valence-corrected chi connectivity index (χ1v) is 9.34. The summed E-state index contributed by atoms with van der Waals surface area (Å²) in [6.45, 7) is -0.568. The molecule has 0 radical (unpaired) electrons. The fourth-order valence-corrected chi connectivity index (χ4v) is 3.00. The molecule has 0 amide bonds. The maximum atomic E-state index is 13.1. The Morgan fingerprint density at radius 3 is 2.28 bits per heavy atom. The first-order chi connectivity index (χ1) is 13.9. The van der Waals surface area contributed by atoms with Gasteiger partial charge in [0.15, 0.2) is 12.2 Å². The number of hydrogen-bond acceptors (Lipinski definition) is 8. The Balaban J connectivity index is 1.70. The van der Waals surface area contributed by atoms with Gasteiger partial charge in [-0.3, -0.25) is 0 Å². The van der Waals surface area contributed by atoms with Crippen molar-refractivity contribution < 1.29 is 38.7 Å². The summed E-state index contributed by atoms with van der Waals surface area (Å²) in [6, 6.07) is 11.3. The van der Waals surface area contributed by atoms with Crippen LogP contribution in [0, 0.1) is 5.82 Å². The molecular weight excluding hydrogens is 427 g/mol. The second-order valence-electron chi connectivity index (χ2n) is 6.17. The average molecular weight is 445 g/mol. The molecule has 10 heteroatoms. The summed E-state index contributed by atoms with van der Waals surface area (Å²) in [5.41, 5.74) is 0. The van der Waals surface area contributed by atoms with Gasteiger partial charge in [-0.2, -0.15) is 0 Å². The Hall–Kier alpha value is -2.01. The Kier molecular flexibility index (Phi) is 7.23. The third-order valence-corrected chi connectivity index (χ3v) is 4.57. The lowest BCUT2D eigenvalue weighted by atomic mass is 9.99. The maximum Gasteiger partial charge on any atom is 0.358 e. The molecule has 1 heterocycles. The molecule has 7 nitrogen and oxygen atoms in total. The largest absolute Gasteiger partial charge is 0.462 e. The summed E-state index contributed by atoms with van der Waals surface area (Å²) < 4.78 is 34.7. The van der Waals surface area contributed by atoms with Crippen LogP contribution in [-0.4, -0.2) is 57.9 Å².